The Morgan fingerprint density at radius 2 is 2.19 bits per heavy atom. The third-order valence-electron chi connectivity index (χ3n) is 5.95. The molecule has 1 amide bonds. The maximum Gasteiger partial charge on any atom is 0.258 e. The van der Waals surface area contributed by atoms with Crippen molar-refractivity contribution in [3.05, 3.63) is 51.3 Å². The SMILES string of the molecule is CC1(N2Cc3nc(N[C@H]4Cc5cc(Cl)cc(C#N)c5C4)ncc3C2=O)CC1. The number of nitriles is 1. The molecule has 2 aliphatic carbocycles. The van der Waals surface area contributed by atoms with E-state index >= 15 is 0 Å². The summed E-state index contributed by atoms with van der Waals surface area (Å²) < 4.78 is 0. The van der Waals surface area contributed by atoms with Gasteiger partial charge in [-0.15, -0.1) is 0 Å². The molecule has 2 heterocycles. The molecule has 0 spiro atoms. The van der Waals surface area contributed by atoms with E-state index in [0.717, 1.165) is 42.5 Å². The number of hydrogen-bond acceptors (Lipinski definition) is 5. The monoisotopic (exact) mass is 379 g/mol. The molecule has 0 unspecified atom stereocenters. The first-order valence-electron chi connectivity index (χ1n) is 9.13. The van der Waals surface area contributed by atoms with Crippen molar-refractivity contribution in [2.75, 3.05) is 5.32 Å². The van der Waals surface area contributed by atoms with Gasteiger partial charge in [-0.05, 0) is 55.9 Å². The second-order valence-corrected chi connectivity index (χ2v) is 8.33. The summed E-state index contributed by atoms with van der Waals surface area (Å²) in [6, 6.07) is 5.98. The summed E-state index contributed by atoms with van der Waals surface area (Å²) in [6.07, 6.45) is 5.25. The van der Waals surface area contributed by atoms with Gasteiger partial charge in [0.1, 0.15) is 0 Å². The molecule has 1 atom stereocenters. The lowest BCUT2D eigenvalue weighted by Gasteiger charge is -2.22. The van der Waals surface area contributed by atoms with Crippen LogP contribution in [-0.2, 0) is 19.4 Å². The molecule has 7 heteroatoms. The van der Waals surface area contributed by atoms with Crippen LogP contribution in [0.5, 0.6) is 0 Å². The number of anilines is 1. The van der Waals surface area contributed by atoms with Crippen LogP contribution in [0, 0.1) is 11.3 Å². The fourth-order valence-corrected chi connectivity index (χ4v) is 4.37. The first-order valence-corrected chi connectivity index (χ1v) is 9.50. The molecule has 6 nitrogen and oxygen atoms in total. The third kappa shape index (κ3) is 2.65. The first kappa shape index (κ1) is 16.5. The Morgan fingerprint density at radius 1 is 1.37 bits per heavy atom. The molecule has 0 saturated heterocycles. The molecule has 1 fully saturated rings. The minimum absolute atomic E-state index is 0.00850. The molecule has 1 aromatic heterocycles. The van der Waals surface area contributed by atoms with E-state index in [-0.39, 0.29) is 17.5 Å². The van der Waals surface area contributed by atoms with Crippen molar-refractivity contribution < 1.29 is 4.79 Å². The van der Waals surface area contributed by atoms with E-state index in [2.05, 4.69) is 28.3 Å². The Kier molecular flexibility index (Phi) is 3.47. The van der Waals surface area contributed by atoms with Crippen LogP contribution in [0.25, 0.3) is 0 Å². The Morgan fingerprint density at radius 3 is 2.93 bits per heavy atom. The van der Waals surface area contributed by atoms with Crippen LogP contribution in [0.1, 0.15) is 52.5 Å². The van der Waals surface area contributed by atoms with Gasteiger partial charge in [0.25, 0.3) is 5.91 Å². The van der Waals surface area contributed by atoms with Crippen molar-refractivity contribution in [3.63, 3.8) is 0 Å². The number of fused-ring (bicyclic) bond motifs is 2. The molecule has 136 valence electrons. The molecule has 0 bridgehead atoms. The van der Waals surface area contributed by atoms with E-state index in [9.17, 15) is 10.1 Å². The molecule has 3 aliphatic rings. The highest BCUT2D eigenvalue weighted by Crippen LogP contribution is 2.44. The zero-order chi connectivity index (χ0) is 18.8. The Bertz CT molecular complexity index is 1020. The van der Waals surface area contributed by atoms with E-state index in [4.69, 9.17) is 11.6 Å². The van der Waals surface area contributed by atoms with E-state index in [1.54, 1.807) is 12.3 Å². The van der Waals surface area contributed by atoms with Crippen molar-refractivity contribution in [3.8, 4) is 6.07 Å². The quantitative estimate of drug-likeness (QED) is 0.886. The van der Waals surface area contributed by atoms with Crippen molar-refractivity contribution in [1.82, 2.24) is 14.9 Å². The maximum absolute atomic E-state index is 12.6. The summed E-state index contributed by atoms with van der Waals surface area (Å²) in [7, 11) is 0. The topological polar surface area (TPSA) is 81.9 Å². The predicted molar refractivity (Wildman–Crippen MR) is 101 cm³/mol. The van der Waals surface area contributed by atoms with Crippen LogP contribution in [-0.4, -0.2) is 32.4 Å². The molecule has 5 rings (SSSR count). The summed E-state index contributed by atoms with van der Waals surface area (Å²) in [5.41, 5.74) is 4.18. The van der Waals surface area contributed by atoms with Gasteiger partial charge in [-0.25, -0.2) is 9.97 Å². The van der Waals surface area contributed by atoms with Gasteiger partial charge in [0.2, 0.25) is 5.95 Å². The third-order valence-corrected chi connectivity index (χ3v) is 6.17. The van der Waals surface area contributed by atoms with Crippen LogP contribution in [0.4, 0.5) is 5.95 Å². The normalized spacial score (nSPS) is 21.6. The number of nitrogens with zero attached hydrogens (tertiary/aromatic N) is 4. The minimum atomic E-state index is -0.00850. The number of benzene rings is 1. The molecular formula is C20H18ClN5O. The highest BCUT2D eigenvalue weighted by Gasteiger charge is 2.49. The Balaban J connectivity index is 1.35. The van der Waals surface area contributed by atoms with Gasteiger partial charge in [0.05, 0.1) is 29.4 Å². The van der Waals surface area contributed by atoms with E-state index in [1.165, 1.54) is 0 Å². The number of nitrogens with one attached hydrogen (secondary N) is 1. The Labute approximate surface area is 162 Å². The number of carbonyl (C=O) groups excluding carboxylic acids is 1. The van der Waals surface area contributed by atoms with E-state index in [0.29, 0.717) is 28.6 Å². The predicted octanol–water partition coefficient (Wildman–Crippen LogP) is 3.09. The second-order valence-electron chi connectivity index (χ2n) is 7.89. The van der Waals surface area contributed by atoms with E-state index in [1.807, 2.05) is 11.0 Å². The van der Waals surface area contributed by atoms with Crippen molar-refractivity contribution in [2.24, 2.45) is 0 Å². The number of aromatic nitrogens is 2. The fourth-order valence-electron chi connectivity index (χ4n) is 4.12. The highest BCUT2D eigenvalue weighted by molar-refractivity contribution is 6.30. The molecule has 1 N–H and O–H groups in total. The van der Waals surface area contributed by atoms with Crippen molar-refractivity contribution in [2.45, 2.75) is 50.7 Å². The Hall–Kier alpha value is -2.65. The number of hydrogen-bond donors (Lipinski definition) is 1. The lowest BCUT2D eigenvalue weighted by atomic mass is 10.0. The summed E-state index contributed by atoms with van der Waals surface area (Å²) in [5.74, 6) is 0.574. The summed E-state index contributed by atoms with van der Waals surface area (Å²) in [5, 5.41) is 13.3. The lowest BCUT2D eigenvalue weighted by Crippen LogP contribution is -2.34. The van der Waals surface area contributed by atoms with Gasteiger partial charge >= 0.3 is 0 Å². The van der Waals surface area contributed by atoms with Gasteiger partial charge < -0.3 is 10.2 Å². The number of carbonyl (C=O) groups is 1. The standard InChI is InChI=1S/C20H18ClN5O/c1-20(2-3-20)26-10-17-16(18(26)27)9-23-19(25-17)24-14-6-11-4-13(21)5-12(8-22)15(11)7-14/h4-5,9,14H,2-3,6-7,10H2,1H3,(H,23,24,25)/t14-/m0/s1. The fraction of sp³-hybridized carbons (Fsp3) is 0.400. The molecule has 1 aromatic carbocycles. The van der Waals surface area contributed by atoms with Crippen molar-refractivity contribution >= 4 is 23.5 Å². The maximum atomic E-state index is 12.6. The molecule has 2 aromatic rings. The molecule has 1 aliphatic heterocycles. The largest absolute Gasteiger partial charge is 0.351 e. The van der Waals surface area contributed by atoms with Crippen LogP contribution < -0.4 is 5.32 Å². The summed E-state index contributed by atoms with van der Waals surface area (Å²) in [4.78, 5) is 23.5. The number of halogens is 1. The molecular weight excluding hydrogens is 362 g/mol. The molecule has 0 radical (unpaired) electrons. The lowest BCUT2D eigenvalue weighted by molar-refractivity contribution is 0.0692. The second kappa shape index (κ2) is 5.67. The van der Waals surface area contributed by atoms with Gasteiger partial charge in [0, 0.05) is 22.8 Å². The van der Waals surface area contributed by atoms with E-state index < -0.39 is 0 Å². The average molecular weight is 380 g/mol. The molecule has 27 heavy (non-hydrogen) atoms. The number of amides is 1. The average Bonchev–Trinajstić information content (AvgIpc) is 3.11. The smallest absolute Gasteiger partial charge is 0.258 e. The first-order chi connectivity index (χ1) is 13.0. The van der Waals surface area contributed by atoms with Gasteiger partial charge in [-0.2, -0.15) is 5.26 Å². The highest BCUT2D eigenvalue weighted by atomic mass is 35.5. The van der Waals surface area contributed by atoms with Crippen LogP contribution in [0.2, 0.25) is 5.02 Å². The van der Waals surface area contributed by atoms with Crippen LogP contribution in [0.3, 0.4) is 0 Å². The zero-order valence-electron chi connectivity index (χ0n) is 14.9. The zero-order valence-corrected chi connectivity index (χ0v) is 15.7. The van der Waals surface area contributed by atoms with Gasteiger partial charge in [0.15, 0.2) is 0 Å². The van der Waals surface area contributed by atoms with Gasteiger partial charge in [-0.1, -0.05) is 11.6 Å². The minimum Gasteiger partial charge on any atom is -0.351 e. The van der Waals surface area contributed by atoms with Crippen molar-refractivity contribution in [1.29, 1.82) is 5.26 Å². The van der Waals surface area contributed by atoms with Gasteiger partial charge in [-0.3, -0.25) is 4.79 Å². The number of rotatable bonds is 3. The molecule has 1 saturated carbocycles. The van der Waals surface area contributed by atoms with Crippen LogP contribution >= 0.6 is 11.6 Å². The summed E-state index contributed by atoms with van der Waals surface area (Å²) >= 11 is 6.12. The van der Waals surface area contributed by atoms with Crippen LogP contribution in [0.15, 0.2) is 18.3 Å². The summed E-state index contributed by atoms with van der Waals surface area (Å²) in [6.45, 7) is 2.68.